The van der Waals surface area contributed by atoms with Crippen molar-refractivity contribution < 1.29 is 8.83 Å². The van der Waals surface area contributed by atoms with Gasteiger partial charge in [-0.15, -0.1) is 0 Å². The predicted octanol–water partition coefficient (Wildman–Crippen LogP) is 6.56. The Morgan fingerprint density at radius 3 is 2.54 bits per heavy atom. The molecule has 0 amide bonds. The molecule has 28 heavy (non-hydrogen) atoms. The molecule has 4 heteroatoms. The SMILES string of the molecule is Cc1ccc2c(c1)oc1nc(-c3cc(C)c4oc5ncccc5c4c3)ccc12. The zero-order valence-electron chi connectivity index (χ0n) is 15.5. The summed E-state index contributed by atoms with van der Waals surface area (Å²) in [6.45, 7) is 4.12. The molecule has 0 aliphatic heterocycles. The Balaban J connectivity index is 1.60. The van der Waals surface area contributed by atoms with Gasteiger partial charge in [0.2, 0.25) is 11.4 Å². The molecule has 0 aliphatic carbocycles. The number of hydrogen-bond donors (Lipinski definition) is 0. The number of aromatic nitrogens is 2. The van der Waals surface area contributed by atoms with Crippen LogP contribution < -0.4 is 0 Å². The van der Waals surface area contributed by atoms with Crippen molar-refractivity contribution in [3.05, 3.63) is 71.9 Å². The molecule has 0 radical (unpaired) electrons. The normalized spacial score (nSPS) is 11.9. The fourth-order valence-electron chi connectivity index (χ4n) is 3.96. The Morgan fingerprint density at radius 1 is 0.750 bits per heavy atom. The van der Waals surface area contributed by atoms with Gasteiger partial charge in [-0.25, -0.2) is 9.97 Å². The molecule has 6 rings (SSSR count). The Labute approximate surface area is 160 Å². The first-order chi connectivity index (χ1) is 13.7. The number of aryl methyl sites for hydroxylation is 2. The summed E-state index contributed by atoms with van der Waals surface area (Å²) in [7, 11) is 0. The van der Waals surface area contributed by atoms with Gasteiger partial charge in [0.15, 0.2) is 0 Å². The van der Waals surface area contributed by atoms with Crippen LogP contribution in [-0.2, 0) is 0 Å². The minimum atomic E-state index is 0.661. The van der Waals surface area contributed by atoms with Crippen LogP contribution in [0.3, 0.4) is 0 Å². The van der Waals surface area contributed by atoms with Gasteiger partial charge in [0, 0.05) is 33.3 Å². The van der Waals surface area contributed by atoms with Crippen LogP contribution >= 0.6 is 0 Å². The number of rotatable bonds is 1. The second-order valence-electron chi connectivity index (χ2n) is 7.28. The molecule has 0 fully saturated rings. The van der Waals surface area contributed by atoms with Crippen LogP contribution in [0.4, 0.5) is 0 Å². The van der Waals surface area contributed by atoms with Gasteiger partial charge in [-0.05, 0) is 67.4 Å². The molecule has 0 unspecified atom stereocenters. The van der Waals surface area contributed by atoms with Crippen LogP contribution in [0, 0.1) is 13.8 Å². The van der Waals surface area contributed by atoms with E-state index >= 15 is 0 Å². The molecule has 0 saturated carbocycles. The van der Waals surface area contributed by atoms with Crippen LogP contribution in [0.5, 0.6) is 0 Å². The molecule has 4 nitrogen and oxygen atoms in total. The molecule has 134 valence electrons. The fourth-order valence-corrected chi connectivity index (χ4v) is 3.96. The molecule has 6 aromatic rings. The number of nitrogens with zero attached hydrogens (tertiary/aromatic N) is 2. The van der Waals surface area contributed by atoms with Crippen LogP contribution in [-0.4, -0.2) is 9.97 Å². The highest BCUT2D eigenvalue weighted by Crippen LogP contribution is 2.35. The van der Waals surface area contributed by atoms with Crippen LogP contribution in [0.25, 0.3) is 55.4 Å². The van der Waals surface area contributed by atoms with Gasteiger partial charge in [0.25, 0.3) is 0 Å². The summed E-state index contributed by atoms with van der Waals surface area (Å²) in [5, 5.41) is 4.20. The summed E-state index contributed by atoms with van der Waals surface area (Å²) in [6, 6.07) is 18.6. The molecular formula is C24H16N2O2. The summed E-state index contributed by atoms with van der Waals surface area (Å²) in [5.74, 6) is 0. The summed E-state index contributed by atoms with van der Waals surface area (Å²) >= 11 is 0. The molecule has 0 atom stereocenters. The van der Waals surface area contributed by atoms with Crippen molar-refractivity contribution >= 4 is 44.1 Å². The van der Waals surface area contributed by atoms with Crippen LogP contribution in [0.2, 0.25) is 0 Å². The van der Waals surface area contributed by atoms with E-state index in [1.165, 1.54) is 5.56 Å². The third-order valence-corrected chi connectivity index (χ3v) is 5.32. The zero-order chi connectivity index (χ0) is 18.8. The number of benzene rings is 2. The standard InChI is InChI=1S/C24H16N2O2/c1-13-5-6-16-18-7-8-20(26-24(18)27-21(16)10-13)15-11-14(2)22-19(12-15)17-4-3-9-25-23(17)28-22/h3-12H,1-2H3. The fraction of sp³-hybridized carbons (Fsp3) is 0.0833. The third-order valence-electron chi connectivity index (χ3n) is 5.32. The van der Waals surface area contributed by atoms with E-state index in [9.17, 15) is 0 Å². The van der Waals surface area contributed by atoms with E-state index in [1.807, 2.05) is 12.1 Å². The van der Waals surface area contributed by atoms with E-state index < -0.39 is 0 Å². The lowest BCUT2D eigenvalue weighted by Gasteiger charge is -2.03. The molecule has 4 heterocycles. The lowest BCUT2D eigenvalue weighted by Crippen LogP contribution is -1.85. The largest absolute Gasteiger partial charge is 0.438 e. The smallest absolute Gasteiger partial charge is 0.227 e. The first-order valence-corrected chi connectivity index (χ1v) is 9.25. The third kappa shape index (κ3) is 2.12. The Bertz CT molecular complexity index is 1540. The zero-order valence-corrected chi connectivity index (χ0v) is 15.5. The highest BCUT2D eigenvalue weighted by atomic mass is 16.3. The molecule has 0 saturated heterocycles. The molecule has 0 bridgehead atoms. The van der Waals surface area contributed by atoms with Crippen molar-refractivity contribution in [2.24, 2.45) is 0 Å². The predicted molar refractivity (Wildman–Crippen MR) is 111 cm³/mol. The summed E-state index contributed by atoms with van der Waals surface area (Å²) in [4.78, 5) is 9.15. The number of fused-ring (bicyclic) bond motifs is 6. The maximum Gasteiger partial charge on any atom is 0.227 e. The van der Waals surface area contributed by atoms with E-state index in [0.717, 1.165) is 49.5 Å². The van der Waals surface area contributed by atoms with Gasteiger partial charge in [-0.2, -0.15) is 0 Å². The number of furan rings is 2. The minimum Gasteiger partial charge on any atom is -0.438 e. The molecular weight excluding hydrogens is 348 g/mol. The van der Waals surface area contributed by atoms with E-state index in [4.69, 9.17) is 13.8 Å². The highest BCUT2D eigenvalue weighted by molar-refractivity contribution is 6.07. The molecule has 0 N–H and O–H groups in total. The van der Waals surface area contributed by atoms with Crippen molar-refractivity contribution in [2.75, 3.05) is 0 Å². The molecule has 4 aromatic heterocycles. The maximum atomic E-state index is 6.03. The Hall–Kier alpha value is -3.66. The van der Waals surface area contributed by atoms with Gasteiger partial charge >= 0.3 is 0 Å². The van der Waals surface area contributed by atoms with Crippen molar-refractivity contribution in [3.8, 4) is 11.3 Å². The van der Waals surface area contributed by atoms with Gasteiger partial charge in [-0.3, -0.25) is 0 Å². The second-order valence-corrected chi connectivity index (χ2v) is 7.28. The highest BCUT2D eigenvalue weighted by Gasteiger charge is 2.14. The van der Waals surface area contributed by atoms with Crippen molar-refractivity contribution in [1.82, 2.24) is 9.97 Å². The van der Waals surface area contributed by atoms with Crippen LogP contribution in [0.1, 0.15) is 11.1 Å². The van der Waals surface area contributed by atoms with E-state index in [0.29, 0.717) is 11.4 Å². The van der Waals surface area contributed by atoms with Crippen molar-refractivity contribution in [2.45, 2.75) is 13.8 Å². The first kappa shape index (κ1) is 15.4. The number of pyridine rings is 2. The Kier molecular flexibility index (Phi) is 2.98. The molecule has 0 aliphatic rings. The van der Waals surface area contributed by atoms with E-state index in [1.54, 1.807) is 6.20 Å². The maximum absolute atomic E-state index is 6.03. The van der Waals surface area contributed by atoms with Gasteiger partial charge < -0.3 is 8.83 Å². The van der Waals surface area contributed by atoms with Crippen molar-refractivity contribution in [3.63, 3.8) is 0 Å². The van der Waals surface area contributed by atoms with E-state index in [-0.39, 0.29) is 0 Å². The minimum absolute atomic E-state index is 0.661. The van der Waals surface area contributed by atoms with Gasteiger partial charge in [0.1, 0.15) is 11.2 Å². The first-order valence-electron chi connectivity index (χ1n) is 9.25. The molecule has 0 spiro atoms. The quantitative estimate of drug-likeness (QED) is 0.331. The lowest BCUT2D eigenvalue weighted by molar-refractivity contribution is 0.651. The number of hydrogen-bond acceptors (Lipinski definition) is 4. The summed E-state index contributed by atoms with van der Waals surface area (Å²) in [6.07, 6.45) is 1.75. The average Bonchev–Trinajstić information content (AvgIpc) is 3.25. The average molecular weight is 364 g/mol. The van der Waals surface area contributed by atoms with E-state index in [2.05, 4.69) is 61.3 Å². The van der Waals surface area contributed by atoms with Gasteiger partial charge in [0.05, 0.1) is 5.69 Å². The monoisotopic (exact) mass is 364 g/mol. The second kappa shape index (κ2) is 5.42. The Morgan fingerprint density at radius 2 is 1.61 bits per heavy atom. The summed E-state index contributed by atoms with van der Waals surface area (Å²) < 4.78 is 12.0. The van der Waals surface area contributed by atoms with Crippen LogP contribution in [0.15, 0.2) is 69.6 Å². The lowest BCUT2D eigenvalue weighted by atomic mass is 10.0. The topological polar surface area (TPSA) is 52.1 Å². The summed E-state index contributed by atoms with van der Waals surface area (Å²) in [5.41, 5.74) is 7.22. The molecule has 2 aromatic carbocycles. The van der Waals surface area contributed by atoms with Crippen molar-refractivity contribution in [1.29, 1.82) is 0 Å². The van der Waals surface area contributed by atoms with Gasteiger partial charge in [-0.1, -0.05) is 12.1 Å².